The van der Waals surface area contributed by atoms with Crippen molar-refractivity contribution >= 4 is 88.2 Å². The number of rotatable bonds is 5. The minimum atomic E-state index is 1.06. The zero-order valence-electron chi connectivity index (χ0n) is 35.6. The van der Waals surface area contributed by atoms with E-state index in [0.717, 1.165) is 12.8 Å². The highest BCUT2D eigenvalue weighted by molar-refractivity contribution is 6.17. The number of fused-ring (bicyclic) bond motifs is 12. The average molecular weight is 828 g/mol. The smallest absolute Gasteiger partial charge is 0.0546 e. The molecule has 0 amide bonds. The van der Waals surface area contributed by atoms with Crippen LogP contribution in [0.25, 0.3) is 128 Å². The number of hydrogen-bond donors (Lipinski definition) is 0. The molecule has 0 bridgehead atoms. The molecule has 0 fully saturated rings. The zero-order chi connectivity index (χ0) is 42.6. The van der Waals surface area contributed by atoms with Gasteiger partial charge in [0.2, 0.25) is 0 Å². The van der Waals surface area contributed by atoms with Crippen LogP contribution in [0.5, 0.6) is 0 Å². The van der Waals surface area contributed by atoms with Crippen LogP contribution in [0.3, 0.4) is 0 Å². The van der Waals surface area contributed by atoms with Crippen LogP contribution in [-0.2, 0) is 0 Å². The molecule has 3 aromatic heterocycles. The van der Waals surface area contributed by atoms with E-state index in [-0.39, 0.29) is 0 Å². The molecule has 0 atom stereocenters. The van der Waals surface area contributed by atoms with E-state index in [9.17, 15) is 0 Å². The van der Waals surface area contributed by atoms with Crippen molar-refractivity contribution in [1.82, 2.24) is 13.7 Å². The van der Waals surface area contributed by atoms with Gasteiger partial charge < -0.3 is 13.7 Å². The number of benzene rings is 10. The van der Waals surface area contributed by atoms with Crippen LogP contribution >= 0.6 is 0 Å². The minimum Gasteiger partial charge on any atom is -0.310 e. The second kappa shape index (κ2) is 14.1. The monoisotopic (exact) mass is 827 g/mol. The predicted octanol–water partition coefficient (Wildman–Crippen LogP) is 14.8. The Bertz CT molecular complexity index is 4220. The molecular formula is C62H41N3. The topological polar surface area (TPSA) is 14.8 Å². The van der Waals surface area contributed by atoms with Gasteiger partial charge in [0.1, 0.15) is 0 Å². The summed E-state index contributed by atoms with van der Waals surface area (Å²) in [5, 5.41) is 13.9. The Morgan fingerprint density at radius 1 is 0.277 bits per heavy atom. The minimum absolute atomic E-state index is 1.06. The summed E-state index contributed by atoms with van der Waals surface area (Å²) >= 11 is 0. The molecule has 1 aliphatic carbocycles. The van der Waals surface area contributed by atoms with Gasteiger partial charge in [-0.2, -0.15) is 0 Å². The zero-order valence-corrected chi connectivity index (χ0v) is 35.6. The highest BCUT2D eigenvalue weighted by atomic mass is 15.0. The third kappa shape index (κ3) is 5.42. The van der Waals surface area contributed by atoms with Gasteiger partial charge in [0, 0.05) is 54.3 Å². The van der Waals surface area contributed by atoms with E-state index in [1.54, 1.807) is 0 Å². The predicted molar refractivity (Wildman–Crippen MR) is 275 cm³/mol. The fourth-order valence-corrected chi connectivity index (χ4v) is 11.1. The van der Waals surface area contributed by atoms with E-state index >= 15 is 0 Å². The van der Waals surface area contributed by atoms with Gasteiger partial charge in [0.25, 0.3) is 0 Å². The maximum atomic E-state index is 2.51. The molecular weight excluding hydrogens is 787 g/mol. The average Bonchev–Trinajstić information content (AvgIpc) is 4.01. The summed E-state index contributed by atoms with van der Waals surface area (Å²) in [6.45, 7) is 0. The fraction of sp³-hybridized carbons (Fsp3) is 0.0323. The lowest BCUT2D eigenvalue weighted by Gasteiger charge is -2.14. The van der Waals surface area contributed by atoms with Gasteiger partial charge in [-0.05, 0) is 136 Å². The standard InChI is InChI=1S/C62H41N3/c1-3-16-45(17-4-1)63-56-25-13-11-23-50(56)52-35-40(27-31-58(52)63)42-29-33-60-54(37-42)55-38-43(30-34-61(55)65(60)62-39-44-15-7-8-20-47(44)48-21-9-10-22-49(48)62)41-28-32-59-53(36-41)51-24-12-14-26-57(51)64(59)46-18-5-2-6-19-46/h1-11,13,15-39H,12,14H2. The maximum Gasteiger partial charge on any atom is 0.0546 e. The first-order valence-corrected chi connectivity index (χ1v) is 22.7. The van der Waals surface area contributed by atoms with Crippen molar-refractivity contribution in [2.45, 2.75) is 12.8 Å². The molecule has 304 valence electrons. The van der Waals surface area contributed by atoms with Gasteiger partial charge >= 0.3 is 0 Å². The van der Waals surface area contributed by atoms with Gasteiger partial charge in [0.05, 0.1) is 33.3 Å². The fourth-order valence-electron chi connectivity index (χ4n) is 11.1. The Labute approximate surface area is 375 Å². The molecule has 13 aromatic rings. The van der Waals surface area contributed by atoms with Crippen LogP contribution in [0, 0.1) is 0 Å². The Hall–Kier alpha value is -8.40. The Kier molecular flexibility index (Phi) is 7.81. The molecule has 0 spiro atoms. The molecule has 0 N–H and O–H groups in total. The van der Waals surface area contributed by atoms with E-state index < -0.39 is 0 Å². The lowest BCUT2D eigenvalue weighted by Crippen LogP contribution is -2.30. The van der Waals surface area contributed by atoms with E-state index in [1.165, 1.54) is 126 Å². The largest absolute Gasteiger partial charge is 0.310 e. The van der Waals surface area contributed by atoms with Crippen LogP contribution in [0.4, 0.5) is 0 Å². The second-order valence-corrected chi connectivity index (χ2v) is 17.6. The third-order valence-electron chi connectivity index (χ3n) is 14.0. The van der Waals surface area contributed by atoms with Crippen LogP contribution in [0.1, 0.15) is 12.8 Å². The molecule has 0 saturated carbocycles. The Balaban J connectivity index is 1.01. The van der Waals surface area contributed by atoms with Crippen molar-refractivity contribution in [2.75, 3.05) is 0 Å². The molecule has 10 aromatic carbocycles. The summed E-state index contributed by atoms with van der Waals surface area (Å²) in [7, 11) is 0. The van der Waals surface area contributed by atoms with Crippen molar-refractivity contribution in [3.05, 3.63) is 223 Å². The van der Waals surface area contributed by atoms with Crippen LogP contribution in [0.15, 0.2) is 212 Å². The normalized spacial score (nSPS) is 12.7. The quantitative estimate of drug-likeness (QED) is 0.154. The molecule has 0 radical (unpaired) electrons. The summed E-state index contributed by atoms with van der Waals surface area (Å²) in [5.41, 5.74) is 14.4. The van der Waals surface area contributed by atoms with Gasteiger partial charge in [-0.15, -0.1) is 0 Å². The van der Waals surface area contributed by atoms with Crippen molar-refractivity contribution in [3.63, 3.8) is 0 Å². The first kappa shape index (κ1) is 36.1. The molecule has 3 heterocycles. The highest BCUT2D eigenvalue weighted by Gasteiger charge is 2.20. The van der Waals surface area contributed by atoms with E-state index in [0.29, 0.717) is 0 Å². The number of nitrogens with zero attached hydrogens (tertiary/aromatic N) is 3. The molecule has 65 heavy (non-hydrogen) atoms. The maximum absolute atomic E-state index is 2.51. The van der Waals surface area contributed by atoms with Gasteiger partial charge in [-0.25, -0.2) is 0 Å². The van der Waals surface area contributed by atoms with Crippen molar-refractivity contribution in [2.24, 2.45) is 0 Å². The summed E-state index contributed by atoms with van der Waals surface area (Å²) in [6, 6.07) is 78.7. The van der Waals surface area contributed by atoms with Gasteiger partial charge in [0.15, 0.2) is 0 Å². The van der Waals surface area contributed by atoms with Crippen molar-refractivity contribution in [1.29, 1.82) is 0 Å². The molecule has 14 rings (SSSR count). The Morgan fingerprint density at radius 2 is 0.723 bits per heavy atom. The lowest BCUT2D eigenvalue weighted by molar-refractivity contribution is 1.02. The van der Waals surface area contributed by atoms with Crippen molar-refractivity contribution < 1.29 is 0 Å². The van der Waals surface area contributed by atoms with E-state index in [1.807, 2.05) is 0 Å². The van der Waals surface area contributed by atoms with Crippen LogP contribution < -0.4 is 10.6 Å². The first-order valence-electron chi connectivity index (χ1n) is 22.7. The molecule has 0 unspecified atom stereocenters. The molecule has 3 nitrogen and oxygen atoms in total. The number of para-hydroxylation sites is 3. The summed E-state index contributed by atoms with van der Waals surface area (Å²) < 4.78 is 7.34. The van der Waals surface area contributed by atoms with Crippen LogP contribution in [0.2, 0.25) is 0 Å². The highest BCUT2D eigenvalue weighted by Crippen LogP contribution is 2.42. The van der Waals surface area contributed by atoms with E-state index in [4.69, 9.17) is 0 Å². The lowest BCUT2D eigenvalue weighted by atomic mass is 9.98. The Morgan fingerprint density at radius 3 is 1.37 bits per heavy atom. The number of hydrogen-bond acceptors (Lipinski definition) is 0. The van der Waals surface area contributed by atoms with Crippen molar-refractivity contribution in [3.8, 4) is 39.3 Å². The molecule has 1 aliphatic rings. The SMILES string of the molecule is C1=c2c(n(-c3ccccc3)c3ccc(-c4ccc5c(c4)c4cc(-c6ccc7c(c6)c6ccccc6n7-c6ccccc6)ccc4n5-c4cc5ccccc5c5ccccc45)cc23)=CCC1. The number of aromatic nitrogens is 3. The first-order chi connectivity index (χ1) is 32.2. The molecule has 3 heteroatoms. The van der Waals surface area contributed by atoms with E-state index in [2.05, 4.69) is 238 Å². The summed E-state index contributed by atoms with van der Waals surface area (Å²) in [5.74, 6) is 0. The third-order valence-corrected chi connectivity index (χ3v) is 14.0. The summed E-state index contributed by atoms with van der Waals surface area (Å²) in [6.07, 6.45) is 6.97. The molecule has 0 aliphatic heterocycles. The van der Waals surface area contributed by atoms with Gasteiger partial charge in [-0.1, -0.05) is 140 Å². The van der Waals surface area contributed by atoms with Gasteiger partial charge in [-0.3, -0.25) is 0 Å². The molecule has 0 saturated heterocycles. The second-order valence-electron chi connectivity index (χ2n) is 17.6. The summed E-state index contributed by atoms with van der Waals surface area (Å²) in [4.78, 5) is 0. The van der Waals surface area contributed by atoms with Crippen LogP contribution in [-0.4, -0.2) is 13.7 Å².